The first kappa shape index (κ1) is 11.5. The van der Waals surface area contributed by atoms with E-state index in [1.54, 1.807) is 0 Å². The molecule has 0 aliphatic carbocycles. The van der Waals surface area contributed by atoms with E-state index in [1.807, 2.05) is 0 Å². The van der Waals surface area contributed by atoms with Crippen LogP contribution in [0.25, 0.3) is 0 Å². The van der Waals surface area contributed by atoms with E-state index in [9.17, 15) is 9.50 Å². The zero-order valence-corrected chi connectivity index (χ0v) is 8.35. The Morgan fingerprint density at radius 1 is 1.44 bits per heavy atom. The Hall–Kier alpha value is -0.935. The van der Waals surface area contributed by atoms with Crippen LogP contribution in [0.4, 0.5) is 4.39 Å². The van der Waals surface area contributed by atoms with Crippen molar-refractivity contribution in [1.82, 2.24) is 0 Å². The molecule has 3 atom stereocenters. The predicted molar refractivity (Wildman–Crippen MR) is 58.9 cm³/mol. The molecule has 0 amide bonds. The average Bonchev–Trinajstić information content (AvgIpc) is 2.42. The number of halogens is 1. The second-order valence-corrected chi connectivity index (χ2v) is 3.77. The first-order chi connectivity index (χ1) is 7.32. The van der Waals surface area contributed by atoms with Crippen LogP contribution >= 0.6 is 0 Å². The van der Waals surface area contributed by atoms with Crippen molar-refractivity contribution in [2.24, 2.45) is 5.73 Å². The minimum Gasteiger partial charge on any atom is -0.500 e. The Bertz CT molecular complexity index is 435. The molecule has 1 heterocycles. The van der Waals surface area contributed by atoms with Crippen LogP contribution in [0.3, 0.4) is 0 Å². The molecule has 0 fully saturated rings. The van der Waals surface area contributed by atoms with Gasteiger partial charge in [-0.15, -0.1) is 0 Å². The molecule has 7 heteroatoms. The molecule has 1 aromatic carbocycles. The first-order valence-corrected chi connectivity index (χ1v) is 4.63. The third kappa shape index (κ3) is 1.64. The number of benzene rings is 1. The molecule has 3 N–H and O–H groups in total. The van der Waals surface area contributed by atoms with Gasteiger partial charge in [0.2, 0.25) is 0 Å². The van der Waals surface area contributed by atoms with Crippen LogP contribution < -0.4 is 10.5 Å². The number of nitrogens with two attached hydrogens (primary N) is 1. The van der Waals surface area contributed by atoms with E-state index in [0.29, 0.717) is 0 Å². The van der Waals surface area contributed by atoms with Crippen LogP contribution in [0, 0.1) is 5.82 Å². The van der Waals surface area contributed by atoms with E-state index in [-0.39, 0.29) is 16.9 Å². The fourth-order valence-electron chi connectivity index (χ4n) is 1.80. The van der Waals surface area contributed by atoms with Gasteiger partial charge >= 0.3 is 0 Å². The van der Waals surface area contributed by atoms with E-state index >= 15 is 0 Å². The molecule has 3 nitrogen and oxygen atoms in total. The summed E-state index contributed by atoms with van der Waals surface area (Å²) < 4.78 is 18.7. The summed E-state index contributed by atoms with van der Waals surface area (Å²) in [6, 6.07) is 1.65. The fraction of sp³-hybridized carbons (Fsp3) is 0.333. The minimum absolute atomic E-state index is 0.208. The highest BCUT2D eigenvalue weighted by molar-refractivity contribution is 6.23. The lowest BCUT2D eigenvalue weighted by molar-refractivity contribution is 0.130. The maximum Gasteiger partial charge on any atom is 0.142 e. The molecular formula is C9H7B3FNO2. The van der Waals surface area contributed by atoms with Crippen molar-refractivity contribution in [3.8, 4) is 5.75 Å². The third-order valence-corrected chi connectivity index (χ3v) is 2.51. The molecule has 16 heavy (non-hydrogen) atoms. The number of rotatable bonds is 1. The van der Waals surface area contributed by atoms with Gasteiger partial charge in [-0.05, 0) is 17.9 Å². The second kappa shape index (κ2) is 3.53. The number of ether oxygens (including phenoxy) is 1. The van der Waals surface area contributed by atoms with Gasteiger partial charge < -0.3 is 15.6 Å². The van der Waals surface area contributed by atoms with E-state index < -0.39 is 23.3 Å². The largest absolute Gasteiger partial charge is 0.500 e. The van der Waals surface area contributed by atoms with E-state index in [0.717, 1.165) is 6.07 Å². The van der Waals surface area contributed by atoms with Gasteiger partial charge in [-0.3, -0.25) is 0 Å². The molecule has 2 rings (SSSR count). The van der Waals surface area contributed by atoms with Gasteiger partial charge in [0.05, 0.1) is 19.5 Å². The average molecular weight is 213 g/mol. The smallest absolute Gasteiger partial charge is 0.142 e. The minimum atomic E-state index is -2.32. The number of aliphatic hydroxyl groups is 1. The first-order valence-electron chi connectivity index (χ1n) is 4.63. The van der Waals surface area contributed by atoms with Crippen LogP contribution in [0.1, 0.15) is 16.9 Å². The fourth-order valence-corrected chi connectivity index (χ4v) is 1.80. The topological polar surface area (TPSA) is 55.5 Å². The summed E-state index contributed by atoms with van der Waals surface area (Å²) in [6.07, 6.45) is 0. The summed E-state index contributed by atoms with van der Waals surface area (Å²) in [7, 11) is 16.6. The Kier molecular flexibility index (Phi) is 2.55. The number of hydrogen-bond donors (Lipinski definition) is 2. The quantitative estimate of drug-likeness (QED) is 0.471. The lowest BCUT2D eigenvalue weighted by Crippen LogP contribution is -2.39. The summed E-state index contributed by atoms with van der Waals surface area (Å²) >= 11 is 0. The van der Waals surface area contributed by atoms with Crippen LogP contribution in [-0.4, -0.2) is 34.6 Å². The Balaban J connectivity index is 2.67. The van der Waals surface area contributed by atoms with Gasteiger partial charge in [0.25, 0.3) is 0 Å². The van der Waals surface area contributed by atoms with E-state index in [2.05, 4.69) is 0 Å². The highest BCUT2D eigenvalue weighted by Gasteiger charge is 2.35. The molecule has 0 saturated carbocycles. The van der Waals surface area contributed by atoms with Crippen LogP contribution in [0.15, 0.2) is 12.1 Å². The Morgan fingerprint density at radius 3 is 2.62 bits per heavy atom. The van der Waals surface area contributed by atoms with Crippen molar-refractivity contribution in [2.75, 3.05) is 0 Å². The number of fused-ring (bicyclic) bond motifs is 1. The van der Waals surface area contributed by atoms with Crippen molar-refractivity contribution in [3.63, 3.8) is 0 Å². The van der Waals surface area contributed by atoms with Crippen molar-refractivity contribution < 1.29 is 14.2 Å². The normalized spacial score (nSPS) is 26.9. The molecule has 1 aliphatic heterocycles. The zero-order valence-electron chi connectivity index (χ0n) is 8.35. The van der Waals surface area contributed by atoms with Crippen LogP contribution in [0.2, 0.25) is 0 Å². The molecule has 76 valence electrons. The standard InChI is InChI=1S/C9H7B3FNO2/c10-7-5-4(16-8(7)11)2-1-3(13)6(5)9(12,14)15/h1-2,7-8,15H,14H2. The molecule has 0 spiro atoms. The van der Waals surface area contributed by atoms with Gasteiger partial charge in [-0.1, -0.05) is 0 Å². The summed E-state index contributed by atoms with van der Waals surface area (Å²) in [5, 5.41) is 9.50. The van der Waals surface area contributed by atoms with Crippen LogP contribution in [-0.2, 0) is 5.62 Å². The molecule has 6 radical (unpaired) electrons. The zero-order chi connectivity index (χ0) is 12.1. The Labute approximate surface area is 96.4 Å². The lowest BCUT2D eigenvalue weighted by Gasteiger charge is -2.23. The van der Waals surface area contributed by atoms with Gasteiger partial charge in [0, 0.05) is 11.1 Å². The molecule has 0 saturated heterocycles. The summed E-state index contributed by atoms with van der Waals surface area (Å²) in [5.74, 6) is -1.25. The third-order valence-electron chi connectivity index (χ3n) is 2.51. The van der Waals surface area contributed by atoms with E-state index in [4.69, 9.17) is 34.0 Å². The molecule has 3 unspecified atom stereocenters. The van der Waals surface area contributed by atoms with Crippen LogP contribution in [0.5, 0.6) is 5.75 Å². The lowest BCUT2D eigenvalue weighted by atomic mass is 9.67. The summed E-state index contributed by atoms with van der Waals surface area (Å²) in [4.78, 5) is 0. The van der Waals surface area contributed by atoms with Crippen molar-refractivity contribution in [3.05, 3.63) is 29.1 Å². The van der Waals surface area contributed by atoms with Gasteiger partial charge in [0.1, 0.15) is 27.3 Å². The molecule has 1 aromatic rings. The highest BCUT2D eigenvalue weighted by Crippen LogP contribution is 2.40. The van der Waals surface area contributed by atoms with Crippen molar-refractivity contribution in [2.45, 2.75) is 17.4 Å². The molecule has 1 aliphatic rings. The monoisotopic (exact) mass is 213 g/mol. The maximum absolute atomic E-state index is 13.6. The molecule has 0 bridgehead atoms. The highest BCUT2D eigenvalue weighted by atomic mass is 19.1. The predicted octanol–water partition coefficient (Wildman–Crippen LogP) is -0.848. The Morgan fingerprint density at radius 2 is 2.06 bits per heavy atom. The SMILES string of the molecule is [B]C1Oc2ccc(F)c(C([B])(N)O)c2C1[B]. The summed E-state index contributed by atoms with van der Waals surface area (Å²) in [6.45, 7) is 0. The van der Waals surface area contributed by atoms with Gasteiger partial charge in [-0.25, -0.2) is 4.39 Å². The van der Waals surface area contributed by atoms with Gasteiger partial charge in [0.15, 0.2) is 0 Å². The molecular weight excluding hydrogens is 206 g/mol. The second-order valence-electron chi connectivity index (χ2n) is 3.77. The maximum atomic E-state index is 13.6. The number of hydrogen-bond acceptors (Lipinski definition) is 3. The van der Waals surface area contributed by atoms with Crippen molar-refractivity contribution >= 4 is 23.5 Å². The summed E-state index contributed by atoms with van der Waals surface area (Å²) in [5.41, 5.74) is 2.88. The van der Waals surface area contributed by atoms with Crippen molar-refractivity contribution in [1.29, 1.82) is 0 Å². The van der Waals surface area contributed by atoms with E-state index in [1.165, 1.54) is 6.07 Å². The van der Waals surface area contributed by atoms with Gasteiger partial charge in [-0.2, -0.15) is 0 Å². The molecule has 0 aromatic heterocycles.